The molecule has 1 aliphatic rings. The second-order valence-corrected chi connectivity index (χ2v) is 6.64. The first-order chi connectivity index (χ1) is 12.7. The minimum atomic E-state index is 0.121. The molecule has 3 aromatic rings. The van der Waals surface area contributed by atoms with E-state index in [4.69, 9.17) is 4.74 Å². The van der Waals surface area contributed by atoms with Crippen LogP contribution >= 0.6 is 0 Å². The number of hydrogen-bond acceptors (Lipinski definition) is 3. The quantitative estimate of drug-likeness (QED) is 0.729. The molecule has 0 aliphatic carbocycles. The van der Waals surface area contributed by atoms with Gasteiger partial charge in [0.1, 0.15) is 5.75 Å². The highest BCUT2D eigenvalue weighted by molar-refractivity contribution is 6.06. The Kier molecular flexibility index (Phi) is 4.29. The minimum absolute atomic E-state index is 0.121. The molecule has 1 saturated heterocycles. The molecule has 4 rings (SSSR count). The SMILES string of the molecule is COc1ccc(N2CCN(C(=O)c3cccc4c3ccn4C)CC2)cc1. The van der Waals surface area contributed by atoms with E-state index in [-0.39, 0.29) is 5.91 Å². The van der Waals surface area contributed by atoms with Gasteiger partial charge in [-0.1, -0.05) is 6.07 Å². The van der Waals surface area contributed by atoms with Crippen LogP contribution in [0.5, 0.6) is 5.75 Å². The molecule has 2 aromatic carbocycles. The lowest BCUT2D eigenvalue weighted by Crippen LogP contribution is -2.48. The molecule has 1 aromatic heterocycles. The molecule has 134 valence electrons. The van der Waals surface area contributed by atoms with Crippen LogP contribution in [0.15, 0.2) is 54.7 Å². The van der Waals surface area contributed by atoms with Gasteiger partial charge in [0.25, 0.3) is 5.91 Å². The number of aryl methyl sites for hydroxylation is 1. The predicted octanol–water partition coefficient (Wildman–Crippen LogP) is 3.15. The van der Waals surface area contributed by atoms with Crippen molar-refractivity contribution in [2.45, 2.75) is 0 Å². The molecule has 26 heavy (non-hydrogen) atoms. The normalized spacial score (nSPS) is 14.7. The Morgan fingerprint density at radius 3 is 2.38 bits per heavy atom. The van der Waals surface area contributed by atoms with Gasteiger partial charge in [-0.05, 0) is 42.5 Å². The van der Waals surface area contributed by atoms with Crippen molar-refractivity contribution in [2.24, 2.45) is 7.05 Å². The fourth-order valence-corrected chi connectivity index (χ4v) is 3.62. The molecule has 5 nitrogen and oxygen atoms in total. The van der Waals surface area contributed by atoms with Gasteiger partial charge in [0.05, 0.1) is 7.11 Å². The van der Waals surface area contributed by atoms with Gasteiger partial charge in [-0.15, -0.1) is 0 Å². The van der Waals surface area contributed by atoms with E-state index in [1.165, 1.54) is 5.69 Å². The van der Waals surface area contributed by atoms with Gasteiger partial charge in [0.2, 0.25) is 0 Å². The van der Waals surface area contributed by atoms with Crippen molar-refractivity contribution in [1.29, 1.82) is 0 Å². The Morgan fingerprint density at radius 1 is 0.962 bits per heavy atom. The second-order valence-electron chi connectivity index (χ2n) is 6.64. The summed E-state index contributed by atoms with van der Waals surface area (Å²) in [6, 6.07) is 16.1. The number of amides is 1. The summed E-state index contributed by atoms with van der Waals surface area (Å²) in [6.07, 6.45) is 2.00. The Bertz CT molecular complexity index is 922. The van der Waals surface area contributed by atoms with Crippen LogP contribution in [-0.4, -0.2) is 48.7 Å². The van der Waals surface area contributed by atoms with E-state index >= 15 is 0 Å². The molecular formula is C21H23N3O2. The average Bonchev–Trinajstić information content (AvgIpc) is 3.09. The summed E-state index contributed by atoms with van der Waals surface area (Å²) in [4.78, 5) is 17.3. The number of carbonyl (C=O) groups is 1. The van der Waals surface area contributed by atoms with E-state index in [0.717, 1.165) is 48.4 Å². The van der Waals surface area contributed by atoms with Crippen molar-refractivity contribution >= 4 is 22.5 Å². The van der Waals surface area contributed by atoms with Gasteiger partial charge < -0.3 is 19.1 Å². The van der Waals surface area contributed by atoms with Crippen LogP contribution in [-0.2, 0) is 7.05 Å². The topological polar surface area (TPSA) is 37.7 Å². The van der Waals surface area contributed by atoms with Crippen LogP contribution in [0.2, 0.25) is 0 Å². The molecule has 0 saturated carbocycles. The lowest BCUT2D eigenvalue weighted by molar-refractivity contribution is 0.0749. The summed E-state index contributed by atoms with van der Waals surface area (Å²) in [5, 5.41) is 1.03. The number of rotatable bonds is 3. The molecule has 0 spiro atoms. The van der Waals surface area contributed by atoms with Crippen LogP contribution in [0.3, 0.4) is 0 Å². The number of hydrogen-bond donors (Lipinski definition) is 0. The highest BCUT2D eigenvalue weighted by Crippen LogP contribution is 2.23. The van der Waals surface area contributed by atoms with Crippen molar-refractivity contribution in [3.8, 4) is 5.75 Å². The largest absolute Gasteiger partial charge is 0.497 e. The van der Waals surface area contributed by atoms with E-state index in [1.807, 2.05) is 59.1 Å². The summed E-state index contributed by atoms with van der Waals surface area (Å²) < 4.78 is 7.27. The third kappa shape index (κ3) is 2.90. The standard InChI is InChI=1S/C21H23N3O2/c1-22-11-10-18-19(4-3-5-20(18)22)21(25)24-14-12-23(13-15-24)16-6-8-17(26-2)9-7-16/h3-11H,12-15H2,1-2H3. The highest BCUT2D eigenvalue weighted by atomic mass is 16.5. The van der Waals surface area contributed by atoms with Crippen LogP contribution in [0, 0.1) is 0 Å². The molecule has 5 heteroatoms. The zero-order valence-corrected chi connectivity index (χ0v) is 15.2. The Labute approximate surface area is 153 Å². The number of carbonyl (C=O) groups excluding carboxylic acids is 1. The Balaban J connectivity index is 1.47. The van der Waals surface area contributed by atoms with E-state index < -0.39 is 0 Å². The van der Waals surface area contributed by atoms with E-state index in [2.05, 4.69) is 17.0 Å². The number of fused-ring (bicyclic) bond motifs is 1. The number of ether oxygens (including phenoxy) is 1. The van der Waals surface area contributed by atoms with Gasteiger partial charge in [-0.2, -0.15) is 0 Å². The summed E-state index contributed by atoms with van der Waals surface area (Å²) in [5.74, 6) is 0.981. The number of nitrogens with zero attached hydrogens (tertiary/aromatic N) is 3. The molecule has 0 bridgehead atoms. The maximum atomic E-state index is 13.0. The van der Waals surface area contributed by atoms with E-state index in [9.17, 15) is 4.79 Å². The van der Waals surface area contributed by atoms with Gasteiger partial charge in [-0.3, -0.25) is 4.79 Å². The summed E-state index contributed by atoms with van der Waals surface area (Å²) in [6.45, 7) is 3.13. The third-order valence-corrected chi connectivity index (χ3v) is 5.16. The van der Waals surface area contributed by atoms with E-state index in [0.29, 0.717) is 0 Å². The molecule has 1 amide bonds. The molecule has 1 aliphatic heterocycles. The second kappa shape index (κ2) is 6.75. The number of methoxy groups -OCH3 is 1. The first kappa shape index (κ1) is 16.5. The van der Waals surface area contributed by atoms with Gasteiger partial charge >= 0.3 is 0 Å². The van der Waals surface area contributed by atoms with Crippen molar-refractivity contribution in [2.75, 3.05) is 38.2 Å². The molecule has 2 heterocycles. The lowest BCUT2D eigenvalue weighted by atomic mass is 10.1. The maximum Gasteiger partial charge on any atom is 0.254 e. The summed E-state index contributed by atoms with van der Waals surface area (Å²) in [7, 11) is 3.68. The van der Waals surface area contributed by atoms with Gasteiger partial charge in [-0.25, -0.2) is 0 Å². The molecule has 1 fully saturated rings. The molecular weight excluding hydrogens is 326 g/mol. The van der Waals surface area contributed by atoms with Crippen molar-refractivity contribution in [3.05, 3.63) is 60.3 Å². The zero-order valence-electron chi connectivity index (χ0n) is 15.2. The third-order valence-electron chi connectivity index (χ3n) is 5.16. The highest BCUT2D eigenvalue weighted by Gasteiger charge is 2.23. The first-order valence-corrected chi connectivity index (χ1v) is 8.90. The van der Waals surface area contributed by atoms with Crippen molar-refractivity contribution in [1.82, 2.24) is 9.47 Å². The first-order valence-electron chi connectivity index (χ1n) is 8.90. The van der Waals surface area contributed by atoms with Crippen molar-refractivity contribution < 1.29 is 9.53 Å². The molecule has 0 atom stereocenters. The molecule has 0 radical (unpaired) electrons. The zero-order chi connectivity index (χ0) is 18.1. The van der Waals surface area contributed by atoms with E-state index in [1.54, 1.807) is 7.11 Å². The number of benzene rings is 2. The maximum absolute atomic E-state index is 13.0. The number of piperazine rings is 1. The number of anilines is 1. The van der Waals surface area contributed by atoms with Crippen LogP contribution in [0.1, 0.15) is 10.4 Å². The molecule has 0 N–H and O–H groups in total. The Morgan fingerprint density at radius 2 is 1.69 bits per heavy atom. The minimum Gasteiger partial charge on any atom is -0.497 e. The van der Waals surface area contributed by atoms with Gasteiger partial charge in [0.15, 0.2) is 0 Å². The lowest BCUT2D eigenvalue weighted by Gasteiger charge is -2.36. The predicted molar refractivity (Wildman–Crippen MR) is 104 cm³/mol. The van der Waals surface area contributed by atoms with Gasteiger partial charge in [0, 0.05) is 61.6 Å². The monoisotopic (exact) mass is 349 g/mol. The fraction of sp³-hybridized carbons (Fsp3) is 0.286. The number of aromatic nitrogens is 1. The van der Waals surface area contributed by atoms with Crippen LogP contribution in [0.4, 0.5) is 5.69 Å². The Hall–Kier alpha value is -2.95. The molecule has 0 unspecified atom stereocenters. The fourth-order valence-electron chi connectivity index (χ4n) is 3.62. The average molecular weight is 349 g/mol. The summed E-state index contributed by atoms with van der Waals surface area (Å²) in [5.41, 5.74) is 3.05. The van der Waals surface area contributed by atoms with Crippen LogP contribution < -0.4 is 9.64 Å². The van der Waals surface area contributed by atoms with Crippen LogP contribution in [0.25, 0.3) is 10.9 Å². The van der Waals surface area contributed by atoms with Crippen molar-refractivity contribution in [3.63, 3.8) is 0 Å². The smallest absolute Gasteiger partial charge is 0.254 e. The summed E-state index contributed by atoms with van der Waals surface area (Å²) >= 11 is 0.